The molecule has 2 amide bonds. The van der Waals surface area contributed by atoms with E-state index in [1.165, 1.54) is 0 Å². The normalized spacial score (nSPS) is 18.2. The van der Waals surface area contributed by atoms with E-state index in [0.29, 0.717) is 0 Å². The summed E-state index contributed by atoms with van der Waals surface area (Å²) in [4.78, 5) is 35.9. The van der Waals surface area contributed by atoms with Crippen LogP contribution in [-0.2, 0) is 22.6 Å². The Hall–Kier alpha value is -2.57. The maximum atomic E-state index is 12.4. The maximum absolute atomic E-state index is 12.4. The van der Waals surface area contributed by atoms with E-state index in [9.17, 15) is 24.6 Å². The van der Waals surface area contributed by atoms with Crippen LogP contribution >= 0.6 is 0 Å². The first-order chi connectivity index (χ1) is 10.8. The molecule has 1 heterocycles. The second-order valence-electron chi connectivity index (χ2n) is 5.93. The lowest BCUT2D eigenvalue weighted by atomic mass is 9.94. The second kappa shape index (κ2) is 6.68. The number of benzene rings is 1. The third kappa shape index (κ3) is 3.61. The summed E-state index contributed by atoms with van der Waals surface area (Å²) < 4.78 is 0. The molecule has 0 unspecified atom stereocenters. The molecule has 0 fully saturated rings. The Kier molecular flexibility index (Phi) is 4.88. The van der Waals surface area contributed by atoms with Gasteiger partial charge in [0.2, 0.25) is 0 Å². The van der Waals surface area contributed by atoms with Gasteiger partial charge in [-0.25, -0.2) is 4.79 Å². The van der Waals surface area contributed by atoms with Crippen molar-refractivity contribution in [2.45, 2.75) is 38.9 Å². The summed E-state index contributed by atoms with van der Waals surface area (Å²) >= 11 is 0. The Labute approximate surface area is 133 Å². The van der Waals surface area contributed by atoms with Crippen molar-refractivity contribution in [2.24, 2.45) is 5.92 Å². The molecule has 1 aliphatic heterocycles. The number of aliphatic carboxylic acids is 2. The van der Waals surface area contributed by atoms with Gasteiger partial charge in [-0.05, 0) is 23.5 Å². The third-order valence-corrected chi connectivity index (χ3v) is 3.98. The van der Waals surface area contributed by atoms with Gasteiger partial charge in [-0.3, -0.25) is 0 Å². The molecular formula is C16H18N2O5-2. The predicted octanol–water partition coefficient (Wildman–Crippen LogP) is -1.35. The van der Waals surface area contributed by atoms with Crippen molar-refractivity contribution in [3.63, 3.8) is 0 Å². The van der Waals surface area contributed by atoms with Crippen LogP contribution in [0.15, 0.2) is 24.3 Å². The molecule has 124 valence electrons. The van der Waals surface area contributed by atoms with Crippen molar-refractivity contribution in [1.29, 1.82) is 0 Å². The number of rotatable bonds is 4. The molecule has 7 nitrogen and oxygen atoms in total. The minimum atomic E-state index is -1.41. The maximum Gasteiger partial charge on any atom is 0.318 e. The Morgan fingerprint density at radius 2 is 1.78 bits per heavy atom. The van der Waals surface area contributed by atoms with E-state index in [0.717, 1.165) is 16.0 Å². The topological polar surface area (TPSA) is 113 Å². The van der Waals surface area contributed by atoms with E-state index in [4.69, 9.17) is 0 Å². The van der Waals surface area contributed by atoms with Crippen molar-refractivity contribution in [2.75, 3.05) is 0 Å². The molecule has 1 N–H and O–H groups in total. The van der Waals surface area contributed by atoms with Gasteiger partial charge in [0.15, 0.2) is 0 Å². The summed E-state index contributed by atoms with van der Waals surface area (Å²) in [7, 11) is 0. The zero-order valence-corrected chi connectivity index (χ0v) is 12.9. The lowest BCUT2D eigenvalue weighted by Crippen LogP contribution is -2.60. The Balaban J connectivity index is 2.23. The van der Waals surface area contributed by atoms with Crippen molar-refractivity contribution < 1.29 is 24.6 Å². The van der Waals surface area contributed by atoms with Gasteiger partial charge in [0.05, 0.1) is 24.0 Å². The first kappa shape index (κ1) is 16.8. The van der Waals surface area contributed by atoms with E-state index in [2.05, 4.69) is 5.32 Å². The molecule has 2 rings (SSSR count). The number of amides is 2. The number of carboxylic acid groups (broad SMARTS) is 2. The van der Waals surface area contributed by atoms with Gasteiger partial charge >= 0.3 is 6.03 Å². The van der Waals surface area contributed by atoms with Crippen molar-refractivity contribution in [3.8, 4) is 0 Å². The number of hydrogen-bond acceptors (Lipinski definition) is 5. The monoisotopic (exact) mass is 318 g/mol. The number of nitrogens with one attached hydrogen (secondary N) is 1. The number of hydrogen-bond donors (Lipinski definition) is 1. The fourth-order valence-corrected chi connectivity index (χ4v) is 2.66. The average molecular weight is 318 g/mol. The molecule has 23 heavy (non-hydrogen) atoms. The summed E-state index contributed by atoms with van der Waals surface area (Å²) in [6.07, 6.45) is 0.129. The van der Waals surface area contributed by atoms with Gasteiger partial charge in [-0.15, -0.1) is 0 Å². The highest BCUT2D eigenvalue weighted by Crippen LogP contribution is 2.23. The van der Waals surface area contributed by atoms with Gasteiger partial charge in [0.1, 0.15) is 0 Å². The summed E-state index contributed by atoms with van der Waals surface area (Å²) in [5, 5.41) is 24.8. The van der Waals surface area contributed by atoms with E-state index in [1.807, 2.05) is 0 Å². The fraction of sp³-hybridized carbons (Fsp3) is 0.438. The van der Waals surface area contributed by atoms with Crippen molar-refractivity contribution >= 4 is 18.0 Å². The predicted molar refractivity (Wildman–Crippen MR) is 76.6 cm³/mol. The molecule has 0 radical (unpaired) electrons. The van der Waals surface area contributed by atoms with Gasteiger partial charge in [0.25, 0.3) is 0 Å². The molecule has 0 saturated heterocycles. The molecule has 0 aliphatic carbocycles. The number of carbonyl (C=O) groups is 3. The first-order valence-corrected chi connectivity index (χ1v) is 7.37. The zero-order chi connectivity index (χ0) is 17.1. The highest BCUT2D eigenvalue weighted by molar-refractivity contribution is 5.86. The number of carbonyl (C=O) groups excluding carboxylic acids is 3. The molecular weight excluding hydrogens is 300 g/mol. The SMILES string of the molecule is CC(C)[C@H](NC(=O)N1Cc2ccccc2C[C@H]1C(=O)[O-])C(=O)[O-]. The summed E-state index contributed by atoms with van der Waals surface area (Å²) in [5.41, 5.74) is 1.67. The minimum Gasteiger partial charge on any atom is -0.548 e. The van der Waals surface area contributed by atoms with Crippen LogP contribution in [0.25, 0.3) is 0 Å². The largest absolute Gasteiger partial charge is 0.548 e. The van der Waals surface area contributed by atoms with Crippen LogP contribution in [-0.4, -0.2) is 35.0 Å². The van der Waals surface area contributed by atoms with E-state index >= 15 is 0 Å². The molecule has 0 bridgehead atoms. The first-order valence-electron chi connectivity index (χ1n) is 7.37. The molecule has 1 aromatic carbocycles. The Morgan fingerprint density at radius 3 is 2.30 bits per heavy atom. The van der Waals surface area contributed by atoms with Crippen LogP contribution in [0.3, 0.4) is 0 Å². The minimum absolute atomic E-state index is 0.0819. The second-order valence-corrected chi connectivity index (χ2v) is 5.93. The highest BCUT2D eigenvalue weighted by atomic mass is 16.4. The van der Waals surface area contributed by atoms with E-state index in [1.54, 1.807) is 38.1 Å². The third-order valence-electron chi connectivity index (χ3n) is 3.98. The number of fused-ring (bicyclic) bond motifs is 1. The van der Waals surface area contributed by atoms with Crippen LogP contribution < -0.4 is 15.5 Å². The summed E-state index contributed by atoms with van der Waals surface area (Å²) in [5.74, 6) is -3.16. The van der Waals surface area contributed by atoms with Crippen LogP contribution in [0.1, 0.15) is 25.0 Å². The molecule has 0 saturated carbocycles. The molecule has 1 aliphatic rings. The van der Waals surface area contributed by atoms with Crippen LogP contribution in [0.2, 0.25) is 0 Å². The van der Waals surface area contributed by atoms with Gasteiger partial charge < -0.3 is 30.0 Å². The van der Waals surface area contributed by atoms with Gasteiger partial charge in [-0.2, -0.15) is 0 Å². The van der Waals surface area contributed by atoms with Gasteiger partial charge in [0, 0.05) is 6.54 Å². The highest BCUT2D eigenvalue weighted by Gasteiger charge is 2.32. The summed E-state index contributed by atoms with van der Waals surface area (Å²) in [6, 6.07) is 4.12. The molecule has 7 heteroatoms. The zero-order valence-electron chi connectivity index (χ0n) is 12.9. The van der Waals surface area contributed by atoms with Crippen LogP contribution in [0, 0.1) is 5.92 Å². The lowest BCUT2D eigenvalue weighted by Gasteiger charge is -2.38. The standard InChI is InChI=1S/C16H20N2O5/c1-9(2)13(15(21)22)17-16(23)18-8-11-6-4-3-5-10(11)7-12(18)14(19)20/h3-6,9,12-13H,7-8H2,1-2H3,(H,17,23)(H,19,20)(H,21,22)/p-2/t12-,13-/m0/s1. The van der Waals surface area contributed by atoms with Crippen molar-refractivity contribution in [3.05, 3.63) is 35.4 Å². The van der Waals surface area contributed by atoms with Crippen molar-refractivity contribution in [1.82, 2.24) is 10.2 Å². The molecule has 2 atom stereocenters. The number of urea groups is 1. The van der Waals surface area contributed by atoms with E-state index in [-0.39, 0.29) is 18.9 Å². The fourth-order valence-electron chi connectivity index (χ4n) is 2.66. The van der Waals surface area contributed by atoms with Gasteiger partial charge in [-0.1, -0.05) is 38.1 Å². The van der Waals surface area contributed by atoms with Crippen LogP contribution in [0.5, 0.6) is 0 Å². The molecule has 0 aromatic heterocycles. The number of carboxylic acids is 2. The molecule has 0 spiro atoms. The van der Waals surface area contributed by atoms with Crippen LogP contribution in [0.4, 0.5) is 4.79 Å². The quantitative estimate of drug-likeness (QED) is 0.737. The Morgan fingerprint density at radius 1 is 1.17 bits per heavy atom. The Bertz CT molecular complexity index is 629. The lowest BCUT2D eigenvalue weighted by molar-refractivity contribution is -0.311. The molecule has 1 aromatic rings. The smallest absolute Gasteiger partial charge is 0.318 e. The summed E-state index contributed by atoms with van der Waals surface area (Å²) in [6.45, 7) is 3.34. The average Bonchev–Trinajstić information content (AvgIpc) is 2.50. The van der Waals surface area contributed by atoms with E-state index < -0.39 is 30.1 Å². The number of nitrogens with zero attached hydrogens (tertiary/aromatic N) is 1.